The molecule has 3 aromatic carbocycles. The van der Waals surface area contributed by atoms with Crippen LogP contribution < -0.4 is 10.1 Å². The van der Waals surface area contributed by atoms with Gasteiger partial charge in [0, 0.05) is 16.3 Å². The van der Waals surface area contributed by atoms with Crippen LogP contribution in [-0.2, 0) is 4.79 Å². The van der Waals surface area contributed by atoms with Gasteiger partial charge in [-0.25, -0.2) is 4.98 Å². The van der Waals surface area contributed by atoms with E-state index in [1.807, 2.05) is 49.4 Å². The molecule has 0 fully saturated rings. The Hall–Kier alpha value is -3.31. The molecule has 1 N–H and O–H groups in total. The zero-order valence-corrected chi connectivity index (χ0v) is 19.1. The number of nitrogens with one attached hydrogen (secondary N) is 1. The van der Waals surface area contributed by atoms with Gasteiger partial charge in [0.25, 0.3) is 5.91 Å². The zero-order chi connectivity index (χ0) is 22.7. The number of carbonyl (C=O) groups is 1. The number of nitrogens with zero attached hydrogens (tertiary/aromatic N) is 1. The Kier molecular flexibility index (Phi) is 6.47. The second-order valence-corrected chi connectivity index (χ2v) is 8.31. The summed E-state index contributed by atoms with van der Waals surface area (Å²) in [6.45, 7) is 6.21. The molecule has 0 aliphatic heterocycles. The van der Waals surface area contributed by atoms with E-state index in [9.17, 15) is 4.79 Å². The van der Waals surface area contributed by atoms with Crippen LogP contribution in [0.3, 0.4) is 0 Å². The molecule has 0 spiro atoms. The van der Waals surface area contributed by atoms with E-state index in [1.54, 1.807) is 18.2 Å². The predicted molar refractivity (Wildman–Crippen MR) is 128 cm³/mol. The average Bonchev–Trinajstić information content (AvgIpc) is 3.22. The van der Waals surface area contributed by atoms with Gasteiger partial charge in [0.05, 0.1) is 0 Å². The number of aromatic nitrogens is 1. The SMILES string of the molecule is CCC(C)c1ccc(OCC(=O)Nc2cc(-c3nc4cc(Cl)ccc4o3)ccc2C)cc1. The number of anilines is 1. The minimum atomic E-state index is -0.236. The highest BCUT2D eigenvalue weighted by molar-refractivity contribution is 6.31. The Morgan fingerprint density at radius 3 is 2.66 bits per heavy atom. The molecule has 4 aromatic rings. The quantitative estimate of drug-likeness (QED) is 0.331. The summed E-state index contributed by atoms with van der Waals surface area (Å²) < 4.78 is 11.5. The van der Waals surface area contributed by atoms with Crippen LogP contribution in [0.25, 0.3) is 22.6 Å². The number of hydrogen-bond donors (Lipinski definition) is 1. The Morgan fingerprint density at radius 2 is 1.91 bits per heavy atom. The lowest BCUT2D eigenvalue weighted by atomic mass is 9.99. The van der Waals surface area contributed by atoms with Crippen LogP contribution >= 0.6 is 11.6 Å². The van der Waals surface area contributed by atoms with Crippen LogP contribution in [0.2, 0.25) is 5.02 Å². The first-order valence-electron chi connectivity index (χ1n) is 10.6. The third-order valence-corrected chi connectivity index (χ3v) is 5.77. The van der Waals surface area contributed by atoms with E-state index in [0.29, 0.717) is 39.4 Å². The van der Waals surface area contributed by atoms with Gasteiger partial charge in [0.15, 0.2) is 12.2 Å². The summed E-state index contributed by atoms with van der Waals surface area (Å²) in [6.07, 6.45) is 1.08. The number of oxazole rings is 1. The van der Waals surface area contributed by atoms with E-state index in [4.69, 9.17) is 20.8 Å². The van der Waals surface area contributed by atoms with Crippen LogP contribution in [-0.4, -0.2) is 17.5 Å². The first-order valence-corrected chi connectivity index (χ1v) is 11.0. The second kappa shape index (κ2) is 9.45. The summed E-state index contributed by atoms with van der Waals surface area (Å²) in [5.74, 6) is 1.40. The molecule has 0 bridgehead atoms. The van der Waals surface area contributed by atoms with Gasteiger partial charge in [-0.2, -0.15) is 0 Å². The van der Waals surface area contributed by atoms with E-state index in [-0.39, 0.29) is 12.5 Å². The van der Waals surface area contributed by atoms with Crippen LogP contribution in [0, 0.1) is 6.92 Å². The van der Waals surface area contributed by atoms with Crippen molar-refractivity contribution in [1.29, 1.82) is 0 Å². The summed E-state index contributed by atoms with van der Waals surface area (Å²) >= 11 is 6.04. The minimum Gasteiger partial charge on any atom is -0.484 e. The highest BCUT2D eigenvalue weighted by Crippen LogP contribution is 2.29. The lowest BCUT2D eigenvalue weighted by molar-refractivity contribution is -0.118. The molecular formula is C26H25ClN2O3. The highest BCUT2D eigenvalue weighted by atomic mass is 35.5. The summed E-state index contributed by atoms with van der Waals surface area (Å²) in [5, 5.41) is 3.52. The first-order chi connectivity index (χ1) is 15.4. The molecule has 6 heteroatoms. The van der Waals surface area contributed by atoms with Crippen molar-refractivity contribution in [1.82, 2.24) is 4.98 Å². The number of ether oxygens (including phenoxy) is 1. The molecule has 0 saturated heterocycles. The second-order valence-electron chi connectivity index (χ2n) is 7.88. The highest BCUT2D eigenvalue weighted by Gasteiger charge is 2.12. The van der Waals surface area contributed by atoms with E-state index >= 15 is 0 Å². The van der Waals surface area contributed by atoms with Crippen molar-refractivity contribution in [3.63, 3.8) is 0 Å². The molecule has 0 saturated carbocycles. The molecule has 5 nitrogen and oxygen atoms in total. The minimum absolute atomic E-state index is 0.0757. The Labute approximate surface area is 192 Å². The molecule has 1 unspecified atom stereocenters. The first kappa shape index (κ1) is 21.9. The smallest absolute Gasteiger partial charge is 0.262 e. The summed E-state index contributed by atoms with van der Waals surface area (Å²) in [5.41, 5.74) is 4.98. The average molecular weight is 449 g/mol. The van der Waals surface area contributed by atoms with Crippen LogP contribution in [0.1, 0.15) is 37.3 Å². The largest absolute Gasteiger partial charge is 0.484 e. The van der Waals surface area contributed by atoms with Crippen molar-refractivity contribution in [3.8, 4) is 17.2 Å². The van der Waals surface area contributed by atoms with E-state index in [0.717, 1.165) is 17.5 Å². The van der Waals surface area contributed by atoms with E-state index in [1.165, 1.54) is 5.56 Å². The lowest BCUT2D eigenvalue weighted by Crippen LogP contribution is -2.20. The number of benzene rings is 3. The number of rotatable bonds is 7. The normalized spacial score (nSPS) is 12.0. The van der Waals surface area contributed by atoms with Gasteiger partial charge in [-0.1, -0.05) is 43.6 Å². The third-order valence-electron chi connectivity index (χ3n) is 5.54. The molecule has 1 amide bonds. The maximum absolute atomic E-state index is 12.5. The predicted octanol–water partition coefficient (Wildman–Crippen LogP) is 6.99. The van der Waals surface area contributed by atoms with Crippen molar-refractivity contribution in [2.45, 2.75) is 33.1 Å². The van der Waals surface area contributed by atoms with Gasteiger partial charge in [0.1, 0.15) is 11.3 Å². The lowest BCUT2D eigenvalue weighted by Gasteiger charge is -2.12. The van der Waals surface area contributed by atoms with Gasteiger partial charge < -0.3 is 14.5 Å². The van der Waals surface area contributed by atoms with Gasteiger partial charge >= 0.3 is 0 Å². The van der Waals surface area contributed by atoms with Crippen molar-refractivity contribution >= 4 is 34.3 Å². The topological polar surface area (TPSA) is 64.4 Å². The molecule has 32 heavy (non-hydrogen) atoms. The third kappa shape index (κ3) is 4.94. The molecule has 0 aliphatic rings. The van der Waals surface area contributed by atoms with Gasteiger partial charge in [-0.3, -0.25) is 4.79 Å². The van der Waals surface area contributed by atoms with Crippen molar-refractivity contribution in [2.24, 2.45) is 0 Å². The van der Waals surface area contributed by atoms with Crippen LogP contribution in [0.15, 0.2) is 65.1 Å². The fraction of sp³-hybridized carbons (Fsp3) is 0.231. The Balaban J connectivity index is 1.43. The standard InChI is InChI=1S/C26H25ClN2O3/c1-4-16(2)18-7-10-21(11-8-18)31-15-25(30)28-22-13-19(6-5-17(22)3)26-29-23-14-20(27)9-12-24(23)32-26/h5-14,16H,4,15H2,1-3H3,(H,28,30). The van der Waals surface area contributed by atoms with Crippen LogP contribution in [0.4, 0.5) is 5.69 Å². The molecule has 4 rings (SSSR count). The van der Waals surface area contributed by atoms with Crippen molar-refractivity contribution < 1.29 is 13.9 Å². The molecule has 1 atom stereocenters. The monoisotopic (exact) mass is 448 g/mol. The summed E-state index contributed by atoms with van der Waals surface area (Å²) in [6, 6.07) is 18.9. The van der Waals surface area contributed by atoms with Crippen molar-refractivity contribution in [3.05, 3.63) is 76.8 Å². The number of fused-ring (bicyclic) bond motifs is 1. The van der Waals surface area contributed by atoms with Gasteiger partial charge in [0.2, 0.25) is 5.89 Å². The number of amides is 1. The molecule has 1 aromatic heterocycles. The van der Waals surface area contributed by atoms with E-state index < -0.39 is 0 Å². The maximum atomic E-state index is 12.5. The molecular weight excluding hydrogens is 424 g/mol. The fourth-order valence-corrected chi connectivity index (χ4v) is 3.54. The van der Waals surface area contributed by atoms with Gasteiger partial charge in [-0.05, 0) is 72.9 Å². The zero-order valence-electron chi connectivity index (χ0n) is 18.3. The molecule has 0 radical (unpaired) electrons. The van der Waals surface area contributed by atoms with Crippen LogP contribution in [0.5, 0.6) is 5.75 Å². The maximum Gasteiger partial charge on any atom is 0.262 e. The van der Waals surface area contributed by atoms with Crippen molar-refractivity contribution in [2.75, 3.05) is 11.9 Å². The Morgan fingerprint density at radius 1 is 1.12 bits per heavy atom. The van der Waals surface area contributed by atoms with E-state index in [2.05, 4.69) is 24.1 Å². The number of hydrogen-bond acceptors (Lipinski definition) is 4. The summed E-state index contributed by atoms with van der Waals surface area (Å²) in [7, 11) is 0. The summed E-state index contributed by atoms with van der Waals surface area (Å²) in [4.78, 5) is 17.0. The fourth-order valence-electron chi connectivity index (χ4n) is 3.38. The van der Waals surface area contributed by atoms with Gasteiger partial charge in [-0.15, -0.1) is 0 Å². The number of halogens is 1. The number of carbonyl (C=O) groups excluding carboxylic acids is 1. The molecule has 1 heterocycles. The molecule has 0 aliphatic carbocycles. The Bertz CT molecular complexity index is 1250. The number of aryl methyl sites for hydroxylation is 1. The molecule has 164 valence electrons.